The number of aliphatic carboxylic acids is 1. The van der Waals surface area contributed by atoms with E-state index in [1.807, 2.05) is 0 Å². The molecular weight excluding hydrogens is 232 g/mol. The second-order valence-electron chi connectivity index (χ2n) is 4.20. The van der Waals surface area contributed by atoms with Gasteiger partial charge in [-0.25, -0.2) is 0 Å². The third-order valence-electron chi connectivity index (χ3n) is 2.60. The molecule has 18 heavy (non-hydrogen) atoms. The van der Waals surface area contributed by atoms with Crippen LogP contribution in [0.4, 0.5) is 0 Å². The third-order valence-corrected chi connectivity index (χ3v) is 2.60. The molecule has 0 aromatic heterocycles. The lowest BCUT2D eigenvalue weighted by molar-refractivity contribution is -0.136. The highest BCUT2D eigenvalue weighted by molar-refractivity contribution is 5.70. The first-order valence-electron chi connectivity index (χ1n) is 6.27. The summed E-state index contributed by atoms with van der Waals surface area (Å²) in [5.41, 5.74) is 0.776. The molecule has 0 saturated heterocycles. The van der Waals surface area contributed by atoms with Gasteiger partial charge in [0.25, 0.3) is 0 Å². The maximum atomic E-state index is 10.5. The van der Waals surface area contributed by atoms with Crippen LogP contribution in [0.25, 0.3) is 0 Å². The normalized spacial score (nSPS) is 10.3. The van der Waals surface area contributed by atoms with Gasteiger partial charge in [0, 0.05) is 6.61 Å². The number of hydrogen-bond acceptors (Lipinski definition) is 3. The van der Waals surface area contributed by atoms with Gasteiger partial charge in [0.1, 0.15) is 5.75 Å². The molecule has 0 unspecified atom stereocenters. The van der Waals surface area contributed by atoms with Gasteiger partial charge in [-0.1, -0.05) is 18.6 Å². The van der Waals surface area contributed by atoms with Crippen molar-refractivity contribution in [2.75, 3.05) is 13.2 Å². The van der Waals surface area contributed by atoms with Crippen molar-refractivity contribution in [2.24, 2.45) is 0 Å². The van der Waals surface area contributed by atoms with Crippen LogP contribution in [0, 0.1) is 0 Å². The van der Waals surface area contributed by atoms with Crippen molar-refractivity contribution in [1.29, 1.82) is 0 Å². The van der Waals surface area contributed by atoms with Crippen molar-refractivity contribution in [2.45, 2.75) is 32.1 Å². The Kier molecular flexibility index (Phi) is 6.87. The van der Waals surface area contributed by atoms with Gasteiger partial charge in [-0.15, -0.1) is 0 Å². The Bertz CT molecular complexity index is 345. The SMILES string of the molecule is O=C(O)Cc1ccc(OCCCCCCO)cc1. The van der Waals surface area contributed by atoms with Crippen LogP contribution in [0.15, 0.2) is 24.3 Å². The Balaban J connectivity index is 2.20. The van der Waals surface area contributed by atoms with Crippen LogP contribution in [0.2, 0.25) is 0 Å². The summed E-state index contributed by atoms with van der Waals surface area (Å²) >= 11 is 0. The fraction of sp³-hybridized carbons (Fsp3) is 0.500. The highest BCUT2D eigenvalue weighted by Gasteiger charge is 2.00. The molecule has 0 heterocycles. The topological polar surface area (TPSA) is 66.8 Å². The summed E-state index contributed by atoms with van der Waals surface area (Å²) < 4.78 is 5.54. The zero-order valence-electron chi connectivity index (χ0n) is 10.5. The molecule has 100 valence electrons. The van der Waals surface area contributed by atoms with Gasteiger partial charge in [0.05, 0.1) is 13.0 Å². The first-order chi connectivity index (χ1) is 8.72. The number of aliphatic hydroxyl groups excluding tert-OH is 1. The predicted molar refractivity (Wildman–Crippen MR) is 68.8 cm³/mol. The molecule has 0 radical (unpaired) electrons. The van der Waals surface area contributed by atoms with Gasteiger partial charge in [0.15, 0.2) is 0 Å². The number of carboxylic acids is 1. The monoisotopic (exact) mass is 252 g/mol. The van der Waals surface area contributed by atoms with Crippen LogP contribution >= 0.6 is 0 Å². The van der Waals surface area contributed by atoms with Crippen molar-refractivity contribution in [3.8, 4) is 5.75 Å². The maximum Gasteiger partial charge on any atom is 0.307 e. The Hall–Kier alpha value is -1.55. The average molecular weight is 252 g/mol. The molecule has 0 bridgehead atoms. The Labute approximate surface area is 107 Å². The fourth-order valence-corrected chi connectivity index (χ4v) is 1.64. The van der Waals surface area contributed by atoms with E-state index in [4.69, 9.17) is 14.9 Å². The first kappa shape index (κ1) is 14.5. The lowest BCUT2D eigenvalue weighted by Crippen LogP contribution is -2.01. The van der Waals surface area contributed by atoms with E-state index in [-0.39, 0.29) is 13.0 Å². The lowest BCUT2D eigenvalue weighted by atomic mass is 10.1. The molecule has 0 aliphatic rings. The molecule has 2 N–H and O–H groups in total. The second-order valence-corrected chi connectivity index (χ2v) is 4.20. The van der Waals surface area contributed by atoms with Crippen molar-refractivity contribution >= 4 is 5.97 Å². The number of aliphatic hydroxyl groups is 1. The van der Waals surface area contributed by atoms with Crippen LogP contribution in [0.1, 0.15) is 31.2 Å². The highest BCUT2D eigenvalue weighted by atomic mass is 16.5. The number of rotatable bonds is 9. The third kappa shape index (κ3) is 6.25. The molecule has 1 rings (SSSR count). The number of unbranched alkanes of at least 4 members (excludes halogenated alkanes) is 3. The minimum absolute atomic E-state index is 0.0431. The smallest absolute Gasteiger partial charge is 0.307 e. The van der Waals surface area contributed by atoms with E-state index in [1.165, 1.54) is 0 Å². The Morgan fingerprint density at radius 2 is 1.72 bits per heavy atom. The molecule has 0 aliphatic heterocycles. The van der Waals surface area contributed by atoms with Gasteiger partial charge in [0.2, 0.25) is 0 Å². The molecule has 0 fully saturated rings. The standard InChI is InChI=1S/C14H20O4/c15-9-3-1-2-4-10-18-13-7-5-12(6-8-13)11-14(16)17/h5-8,15H,1-4,9-11H2,(H,16,17). The summed E-state index contributed by atoms with van der Waals surface area (Å²) in [6.45, 7) is 0.912. The van der Waals surface area contributed by atoms with Crippen LogP contribution in [0.3, 0.4) is 0 Å². The van der Waals surface area contributed by atoms with Gasteiger partial charge in [-0.3, -0.25) is 4.79 Å². The Morgan fingerprint density at radius 3 is 2.33 bits per heavy atom. The van der Waals surface area contributed by atoms with Crippen molar-refractivity contribution < 1.29 is 19.7 Å². The molecule has 1 aromatic rings. The highest BCUT2D eigenvalue weighted by Crippen LogP contribution is 2.13. The zero-order chi connectivity index (χ0) is 13.2. The summed E-state index contributed by atoms with van der Waals surface area (Å²) in [6, 6.07) is 7.14. The number of hydrogen-bond donors (Lipinski definition) is 2. The minimum atomic E-state index is -0.826. The number of benzene rings is 1. The van der Waals surface area contributed by atoms with E-state index in [9.17, 15) is 4.79 Å². The fourth-order valence-electron chi connectivity index (χ4n) is 1.64. The van der Waals surface area contributed by atoms with Crippen molar-refractivity contribution in [1.82, 2.24) is 0 Å². The number of carbonyl (C=O) groups is 1. The molecule has 4 nitrogen and oxygen atoms in total. The molecule has 1 aromatic carbocycles. The quantitative estimate of drug-likeness (QED) is 0.661. The van der Waals surface area contributed by atoms with Crippen LogP contribution in [0.5, 0.6) is 5.75 Å². The van der Waals surface area contributed by atoms with Crippen LogP contribution in [-0.2, 0) is 11.2 Å². The maximum absolute atomic E-state index is 10.5. The van der Waals surface area contributed by atoms with E-state index >= 15 is 0 Å². The molecular formula is C14H20O4. The molecule has 0 atom stereocenters. The summed E-state index contributed by atoms with van der Waals surface area (Å²) in [5, 5.41) is 17.2. The van der Waals surface area contributed by atoms with E-state index in [0.29, 0.717) is 6.61 Å². The van der Waals surface area contributed by atoms with E-state index < -0.39 is 5.97 Å². The molecule has 4 heteroatoms. The summed E-state index contributed by atoms with van der Waals surface area (Å²) in [6.07, 6.45) is 3.94. The molecule has 0 spiro atoms. The summed E-state index contributed by atoms with van der Waals surface area (Å²) in [7, 11) is 0. The van der Waals surface area contributed by atoms with Gasteiger partial charge in [-0.05, 0) is 37.0 Å². The number of ether oxygens (including phenoxy) is 1. The molecule has 0 aliphatic carbocycles. The predicted octanol–water partition coefficient (Wildman–Crippen LogP) is 2.25. The zero-order valence-corrected chi connectivity index (χ0v) is 10.5. The summed E-state index contributed by atoms with van der Waals surface area (Å²) in [4.78, 5) is 10.5. The van der Waals surface area contributed by atoms with E-state index in [1.54, 1.807) is 24.3 Å². The molecule has 0 amide bonds. The van der Waals surface area contributed by atoms with Gasteiger partial charge in [-0.2, -0.15) is 0 Å². The van der Waals surface area contributed by atoms with Crippen LogP contribution < -0.4 is 4.74 Å². The average Bonchev–Trinajstić information content (AvgIpc) is 2.35. The van der Waals surface area contributed by atoms with Crippen molar-refractivity contribution in [3.63, 3.8) is 0 Å². The lowest BCUT2D eigenvalue weighted by Gasteiger charge is -2.06. The largest absolute Gasteiger partial charge is 0.494 e. The van der Waals surface area contributed by atoms with Gasteiger partial charge < -0.3 is 14.9 Å². The second kappa shape index (κ2) is 8.53. The van der Waals surface area contributed by atoms with E-state index in [0.717, 1.165) is 37.0 Å². The minimum Gasteiger partial charge on any atom is -0.494 e. The first-order valence-corrected chi connectivity index (χ1v) is 6.27. The summed E-state index contributed by atoms with van der Waals surface area (Å²) in [5.74, 6) is -0.0566. The van der Waals surface area contributed by atoms with E-state index in [2.05, 4.69) is 0 Å². The Morgan fingerprint density at radius 1 is 1.06 bits per heavy atom. The molecule has 0 saturated carbocycles. The van der Waals surface area contributed by atoms with Gasteiger partial charge >= 0.3 is 5.97 Å². The van der Waals surface area contributed by atoms with Crippen LogP contribution in [-0.4, -0.2) is 29.4 Å². The number of carboxylic acid groups (broad SMARTS) is 1. The van der Waals surface area contributed by atoms with Crippen molar-refractivity contribution in [3.05, 3.63) is 29.8 Å².